The maximum atomic E-state index is 13.3. The van der Waals surface area contributed by atoms with Crippen molar-refractivity contribution in [1.29, 1.82) is 0 Å². The molecule has 10 heteroatoms. The summed E-state index contributed by atoms with van der Waals surface area (Å²) in [6.45, 7) is 3.85. The number of amides is 2. The Hall–Kier alpha value is -2.17. The van der Waals surface area contributed by atoms with Crippen molar-refractivity contribution in [1.82, 2.24) is 9.21 Å². The smallest absolute Gasteiger partial charge is 0.258 e. The first kappa shape index (κ1) is 23.5. The van der Waals surface area contributed by atoms with Crippen molar-refractivity contribution in [3.8, 4) is 5.75 Å². The molecule has 1 heterocycles. The van der Waals surface area contributed by atoms with Gasteiger partial charge >= 0.3 is 0 Å². The number of nitrogens with one attached hydrogen (secondary N) is 1. The highest BCUT2D eigenvalue weighted by molar-refractivity contribution is 7.88. The lowest BCUT2D eigenvalue weighted by Gasteiger charge is -2.38. The predicted molar refractivity (Wildman–Crippen MR) is 116 cm³/mol. The Morgan fingerprint density at radius 1 is 1.39 bits per heavy atom. The predicted octanol–water partition coefficient (Wildman–Crippen LogP) is 1.15. The quantitative estimate of drug-likeness (QED) is 0.640. The highest BCUT2D eigenvalue weighted by Crippen LogP contribution is 2.33. The SMILES string of the molecule is C[C@H](CO)N1C[C@H](C)[C@@H](CN(C)S(C)(=O)=O)Oc2ccc(NC(=O)C3CC3)cc2C1=O. The number of carbonyl (C=O) groups is 2. The van der Waals surface area contributed by atoms with Crippen molar-refractivity contribution >= 4 is 27.5 Å². The van der Waals surface area contributed by atoms with E-state index < -0.39 is 22.2 Å². The molecule has 1 aromatic rings. The second-order valence-electron chi connectivity index (χ2n) is 8.64. The molecule has 1 aromatic carbocycles. The van der Waals surface area contributed by atoms with E-state index in [1.54, 1.807) is 30.0 Å². The number of aliphatic hydroxyl groups excluding tert-OH is 1. The Morgan fingerprint density at radius 3 is 2.65 bits per heavy atom. The molecular formula is C21H31N3O6S. The van der Waals surface area contributed by atoms with E-state index in [2.05, 4.69) is 5.32 Å². The van der Waals surface area contributed by atoms with Gasteiger partial charge in [-0.25, -0.2) is 12.7 Å². The van der Waals surface area contributed by atoms with Gasteiger partial charge in [0.1, 0.15) is 11.9 Å². The van der Waals surface area contributed by atoms with Crippen LogP contribution in [0.2, 0.25) is 0 Å². The number of rotatable bonds is 7. The third kappa shape index (κ3) is 5.55. The van der Waals surface area contributed by atoms with Gasteiger partial charge in [0.05, 0.1) is 31.0 Å². The van der Waals surface area contributed by atoms with Gasteiger partial charge in [0.2, 0.25) is 15.9 Å². The minimum Gasteiger partial charge on any atom is -0.488 e. The van der Waals surface area contributed by atoms with Crippen molar-refractivity contribution in [3.63, 3.8) is 0 Å². The van der Waals surface area contributed by atoms with Gasteiger partial charge in [-0.1, -0.05) is 6.92 Å². The summed E-state index contributed by atoms with van der Waals surface area (Å²) in [6, 6.07) is 4.46. The zero-order valence-corrected chi connectivity index (χ0v) is 19.2. The monoisotopic (exact) mass is 453 g/mol. The van der Waals surface area contributed by atoms with Crippen molar-refractivity contribution in [2.24, 2.45) is 11.8 Å². The van der Waals surface area contributed by atoms with Crippen LogP contribution in [0.3, 0.4) is 0 Å². The number of anilines is 1. The number of sulfonamides is 1. The van der Waals surface area contributed by atoms with E-state index >= 15 is 0 Å². The van der Waals surface area contributed by atoms with Crippen LogP contribution in [0.5, 0.6) is 5.75 Å². The second kappa shape index (κ2) is 9.13. The van der Waals surface area contributed by atoms with E-state index in [1.807, 2.05) is 6.92 Å². The molecule has 2 amide bonds. The van der Waals surface area contributed by atoms with Crippen molar-refractivity contribution < 1.29 is 27.9 Å². The van der Waals surface area contributed by atoms with Gasteiger partial charge in [-0.2, -0.15) is 0 Å². The summed E-state index contributed by atoms with van der Waals surface area (Å²) >= 11 is 0. The van der Waals surface area contributed by atoms with Gasteiger partial charge in [-0.15, -0.1) is 0 Å². The number of benzene rings is 1. The van der Waals surface area contributed by atoms with Gasteiger partial charge < -0.3 is 20.1 Å². The molecule has 2 aliphatic rings. The summed E-state index contributed by atoms with van der Waals surface area (Å²) in [5.41, 5.74) is 0.774. The number of nitrogens with zero attached hydrogens (tertiary/aromatic N) is 2. The first-order chi connectivity index (χ1) is 14.5. The Labute approximate surface area is 183 Å². The fourth-order valence-electron chi connectivity index (χ4n) is 3.50. The molecule has 31 heavy (non-hydrogen) atoms. The summed E-state index contributed by atoms with van der Waals surface area (Å²) < 4.78 is 31.2. The lowest BCUT2D eigenvalue weighted by molar-refractivity contribution is -0.117. The summed E-state index contributed by atoms with van der Waals surface area (Å²) in [5, 5.41) is 12.5. The van der Waals surface area contributed by atoms with Gasteiger partial charge in [0.15, 0.2) is 0 Å². The fraction of sp³-hybridized carbons (Fsp3) is 0.619. The molecule has 0 spiro atoms. The van der Waals surface area contributed by atoms with Crippen LogP contribution in [0, 0.1) is 11.8 Å². The molecular weight excluding hydrogens is 422 g/mol. The molecule has 0 saturated heterocycles. The van der Waals surface area contributed by atoms with Gasteiger partial charge in [-0.05, 0) is 38.0 Å². The summed E-state index contributed by atoms with van der Waals surface area (Å²) in [5.74, 6) is -0.217. The van der Waals surface area contributed by atoms with Crippen LogP contribution < -0.4 is 10.1 Å². The number of carbonyl (C=O) groups excluding carboxylic acids is 2. The summed E-state index contributed by atoms with van der Waals surface area (Å²) in [7, 11) is -1.92. The van der Waals surface area contributed by atoms with Crippen LogP contribution in [0.4, 0.5) is 5.69 Å². The number of likely N-dealkylation sites (N-methyl/N-ethyl adjacent to an activating group) is 1. The van der Waals surface area contributed by atoms with E-state index in [0.29, 0.717) is 18.0 Å². The highest BCUT2D eigenvalue weighted by atomic mass is 32.2. The molecule has 0 unspecified atom stereocenters. The molecule has 2 N–H and O–H groups in total. The average Bonchev–Trinajstić information content (AvgIpc) is 3.55. The molecule has 1 saturated carbocycles. The minimum absolute atomic E-state index is 0.0247. The molecule has 1 aliphatic carbocycles. The minimum atomic E-state index is -3.41. The van der Waals surface area contributed by atoms with E-state index in [4.69, 9.17) is 4.74 Å². The Kier molecular flexibility index (Phi) is 6.92. The number of hydrogen-bond acceptors (Lipinski definition) is 6. The van der Waals surface area contributed by atoms with Gasteiger partial charge in [0, 0.05) is 31.1 Å². The molecule has 0 bridgehead atoms. The average molecular weight is 454 g/mol. The number of hydrogen-bond donors (Lipinski definition) is 2. The molecule has 9 nitrogen and oxygen atoms in total. The van der Waals surface area contributed by atoms with Crippen LogP contribution in [-0.4, -0.2) is 79.7 Å². The first-order valence-electron chi connectivity index (χ1n) is 10.5. The lowest BCUT2D eigenvalue weighted by atomic mass is 9.99. The van der Waals surface area contributed by atoms with E-state index in [0.717, 1.165) is 19.1 Å². The maximum Gasteiger partial charge on any atom is 0.258 e. The maximum absolute atomic E-state index is 13.3. The number of fused-ring (bicyclic) bond motifs is 1. The van der Waals surface area contributed by atoms with E-state index in [-0.39, 0.29) is 42.4 Å². The molecule has 1 fully saturated rings. The number of ether oxygens (including phenoxy) is 1. The topological polar surface area (TPSA) is 116 Å². The van der Waals surface area contributed by atoms with Crippen LogP contribution in [0.15, 0.2) is 18.2 Å². The van der Waals surface area contributed by atoms with Crippen LogP contribution in [-0.2, 0) is 14.8 Å². The molecule has 1 aliphatic heterocycles. The van der Waals surface area contributed by atoms with Crippen LogP contribution in [0.1, 0.15) is 37.0 Å². The summed E-state index contributed by atoms with van der Waals surface area (Å²) in [6.07, 6.45) is 2.36. The van der Waals surface area contributed by atoms with Crippen LogP contribution >= 0.6 is 0 Å². The second-order valence-corrected chi connectivity index (χ2v) is 10.7. The standard InChI is InChI=1S/C21H31N3O6S/c1-13-10-24(14(2)12-25)21(27)17-9-16(22-20(26)15-5-6-15)7-8-18(17)30-19(13)11-23(3)31(4,28)29/h7-9,13-15,19,25H,5-6,10-12H2,1-4H3,(H,22,26)/t13-,14+,19+/m0/s1. The fourth-order valence-corrected chi connectivity index (χ4v) is 3.91. The Balaban J connectivity index is 1.96. The van der Waals surface area contributed by atoms with Crippen LogP contribution in [0.25, 0.3) is 0 Å². The largest absolute Gasteiger partial charge is 0.488 e. The van der Waals surface area contributed by atoms with E-state index in [1.165, 1.54) is 11.4 Å². The van der Waals surface area contributed by atoms with Gasteiger partial charge in [-0.3, -0.25) is 9.59 Å². The van der Waals surface area contributed by atoms with Crippen molar-refractivity contribution in [3.05, 3.63) is 23.8 Å². The molecule has 0 aromatic heterocycles. The Bertz CT molecular complexity index is 946. The van der Waals surface area contributed by atoms with Crippen molar-refractivity contribution in [2.75, 3.05) is 38.3 Å². The molecule has 3 rings (SSSR count). The lowest BCUT2D eigenvalue weighted by Crippen LogP contribution is -2.50. The molecule has 3 atom stereocenters. The summed E-state index contributed by atoms with van der Waals surface area (Å²) in [4.78, 5) is 27.0. The normalized spacial score (nSPS) is 22.9. The zero-order chi connectivity index (χ0) is 22.9. The first-order valence-corrected chi connectivity index (χ1v) is 12.3. The third-order valence-electron chi connectivity index (χ3n) is 5.88. The van der Waals surface area contributed by atoms with Crippen molar-refractivity contribution in [2.45, 2.75) is 38.8 Å². The van der Waals surface area contributed by atoms with Gasteiger partial charge in [0.25, 0.3) is 5.91 Å². The molecule has 0 radical (unpaired) electrons. The van der Waals surface area contributed by atoms with E-state index in [9.17, 15) is 23.1 Å². The highest BCUT2D eigenvalue weighted by Gasteiger charge is 2.35. The molecule has 172 valence electrons. The zero-order valence-electron chi connectivity index (χ0n) is 18.4. The Morgan fingerprint density at radius 2 is 2.06 bits per heavy atom. The number of aliphatic hydroxyl groups is 1. The third-order valence-corrected chi connectivity index (χ3v) is 7.17.